The molecule has 1 saturated heterocycles. The van der Waals surface area contributed by atoms with Gasteiger partial charge >= 0.3 is 0 Å². The Morgan fingerprint density at radius 3 is 2.94 bits per heavy atom. The minimum Gasteiger partial charge on any atom is -0.309 e. The second-order valence-corrected chi connectivity index (χ2v) is 6.40. The first-order valence-corrected chi connectivity index (χ1v) is 7.08. The van der Waals surface area contributed by atoms with Gasteiger partial charge in [0, 0.05) is 36.2 Å². The summed E-state index contributed by atoms with van der Waals surface area (Å²) in [7, 11) is 0. The van der Waals surface area contributed by atoms with Gasteiger partial charge in [-0.05, 0) is 44.9 Å². The molecule has 1 aromatic carbocycles. The molecule has 2 nitrogen and oxygen atoms in total. The van der Waals surface area contributed by atoms with E-state index in [4.69, 9.17) is 11.6 Å². The van der Waals surface area contributed by atoms with Crippen molar-refractivity contribution >= 4 is 11.6 Å². The molecule has 1 aliphatic heterocycles. The minimum absolute atomic E-state index is 0.223. The van der Waals surface area contributed by atoms with Crippen LogP contribution in [0.3, 0.4) is 0 Å². The lowest BCUT2D eigenvalue weighted by Crippen LogP contribution is -2.60. The molecule has 1 unspecified atom stereocenters. The van der Waals surface area contributed by atoms with Crippen LogP contribution in [0.4, 0.5) is 0 Å². The standard InChI is InChI=1S/C15H23ClN2/c1-12-10-17-15(2,3)11-18(12)8-7-13-5-4-6-14(16)9-13/h4-6,9,12,17H,7-8,10-11H2,1-3H3. The van der Waals surface area contributed by atoms with Crippen LogP contribution < -0.4 is 5.32 Å². The zero-order valence-electron chi connectivity index (χ0n) is 11.5. The SMILES string of the molecule is CC1CNC(C)(C)CN1CCc1cccc(Cl)c1. The van der Waals surface area contributed by atoms with Gasteiger partial charge in [-0.2, -0.15) is 0 Å². The summed E-state index contributed by atoms with van der Waals surface area (Å²) in [5, 5.41) is 4.42. The Labute approximate surface area is 115 Å². The topological polar surface area (TPSA) is 15.3 Å². The fourth-order valence-corrected chi connectivity index (χ4v) is 2.75. The van der Waals surface area contributed by atoms with Gasteiger partial charge in [-0.3, -0.25) is 4.90 Å². The first-order valence-electron chi connectivity index (χ1n) is 6.70. The van der Waals surface area contributed by atoms with Crippen molar-refractivity contribution in [3.8, 4) is 0 Å². The van der Waals surface area contributed by atoms with Crippen molar-refractivity contribution in [3.63, 3.8) is 0 Å². The van der Waals surface area contributed by atoms with Crippen molar-refractivity contribution in [2.24, 2.45) is 0 Å². The monoisotopic (exact) mass is 266 g/mol. The van der Waals surface area contributed by atoms with E-state index in [1.807, 2.05) is 12.1 Å². The Balaban J connectivity index is 1.92. The van der Waals surface area contributed by atoms with Gasteiger partial charge in [0.1, 0.15) is 0 Å². The predicted octanol–water partition coefficient (Wildman–Crippen LogP) is 2.95. The minimum atomic E-state index is 0.223. The van der Waals surface area contributed by atoms with E-state index in [-0.39, 0.29) is 5.54 Å². The summed E-state index contributed by atoms with van der Waals surface area (Å²) in [5.74, 6) is 0. The first-order chi connectivity index (χ1) is 8.46. The van der Waals surface area contributed by atoms with Gasteiger partial charge in [0.05, 0.1) is 0 Å². The molecule has 0 amide bonds. The summed E-state index contributed by atoms with van der Waals surface area (Å²) in [6.07, 6.45) is 1.07. The van der Waals surface area contributed by atoms with Crippen LogP contribution in [0.15, 0.2) is 24.3 Å². The molecule has 1 atom stereocenters. The van der Waals surface area contributed by atoms with Crippen LogP contribution in [0.1, 0.15) is 26.3 Å². The zero-order valence-corrected chi connectivity index (χ0v) is 12.3. The molecular formula is C15H23ClN2. The Morgan fingerprint density at radius 1 is 1.44 bits per heavy atom. The summed E-state index contributed by atoms with van der Waals surface area (Å²) < 4.78 is 0. The lowest BCUT2D eigenvalue weighted by atomic mass is 9.98. The summed E-state index contributed by atoms with van der Waals surface area (Å²) in [6.45, 7) is 10.1. The second-order valence-electron chi connectivity index (χ2n) is 5.96. The highest BCUT2D eigenvalue weighted by molar-refractivity contribution is 6.30. The maximum atomic E-state index is 6.02. The van der Waals surface area contributed by atoms with Gasteiger partial charge in [0.2, 0.25) is 0 Å². The van der Waals surface area contributed by atoms with Crippen LogP contribution in [-0.2, 0) is 6.42 Å². The normalized spacial score (nSPS) is 24.1. The van der Waals surface area contributed by atoms with Crippen LogP contribution in [0.5, 0.6) is 0 Å². The lowest BCUT2D eigenvalue weighted by molar-refractivity contribution is 0.106. The van der Waals surface area contributed by atoms with Crippen LogP contribution in [-0.4, -0.2) is 36.1 Å². The second kappa shape index (κ2) is 5.60. The molecule has 1 aromatic rings. The van der Waals surface area contributed by atoms with Crippen LogP contribution in [0.25, 0.3) is 0 Å². The molecule has 1 aliphatic rings. The zero-order chi connectivity index (χ0) is 13.2. The number of hydrogen-bond acceptors (Lipinski definition) is 2. The fourth-order valence-electron chi connectivity index (χ4n) is 2.54. The largest absolute Gasteiger partial charge is 0.309 e. The maximum Gasteiger partial charge on any atom is 0.0408 e. The number of nitrogens with one attached hydrogen (secondary N) is 1. The average Bonchev–Trinajstić information content (AvgIpc) is 2.30. The van der Waals surface area contributed by atoms with E-state index in [2.05, 4.69) is 43.1 Å². The van der Waals surface area contributed by atoms with Gasteiger partial charge in [0.15, 0.2) is 0 Å². The quantitative estimate of drug-likeness (QED) is 0.905. The molecule has 100 valence electrons. The van der Waals surface area contributed by atoms with E-state index in [1.165, 1.54) is 5.56 Å². The molecule has 1 fully saturated rings. The molecule has 0 radical (unpaired) electrons. The first kappa shape index (κ1) is 13.9. The lowest BCUT2D eigenvalue weighted by Gasteiger charge is -2.43. The number of piperazine rings is 1. The van der Waals surface area contributed by atoms with E-state index in [0.29, 0.717) is 6.04 Å². The summed E-state index contributed by atoms with van der Waals surface area (Å²) in [4.78, 5) is 2.57. The summed E-state index contributed by atoms with van der Waals surface area (Å²) in [6, 6.07) is 8.80. The van der Waals surface area contributed by atoms with E-state index in [1.54, 1.807) is 0 Å². The van der Waals surface area contributed by atoms with Crippen molar-refractivity contribution in [2.45, 2.75) is 38.8 Å². The van der Waals surface area contributed by atoms with Crippen molar-refractivity contribution < 1.29 is 0 Å². The van der Waals surface area contributed by atoms with E-state index in [0.717, 1.165) is 31.1 Å². The predicted molar refractivity (Wildman–Crippen MR) is 78.3 cm³/mol. The van der Waals surface area contributed by atoms with Gasteiger partial charge in [-0.15, -0.1) is 0 Å². The number of benzene rings is 1. The molecule has 3 heteroatoms. The van der Waals surface area contributed by atoms with Crippen molar-refractivity contribution in [2.75, 3.05) is 19.6 Å². The maximum absolute atomic E-state index is 6.02. The van der Waals surface area contributed by atoms with Crippen molar-refractivity contribution in [1.29, 1.82) is 0 Å². The van der Waals surface area contributed by atoms with Gasteiger partial charge in [-0.1, -0.05) is 23.7 Å². The fraction of sp³-hybridized carbons (Fsp3) is 0.600. The van der Waals surface area contributed by atoms with Gasteiger partial charge < -0.3 is 5.32 Å². The van der Waals surface area contributed by atoms with E-state index >= 15 is 0 Å². The number of nitrogens with zero attached hydrogens (tertiary/aromatic N) is 1. The molecule has 1 N–H and O–H groups in total. The molecule has 0 bridgehead atoms. The summed E-state index contributed by atoms with van der Waals surface area (Å²) >= 11 is 6.02. The van der Waals surface area contributed by atoms with Gasteiger partial charge in [0.25, 0.3) is 0 Å². The number of halogens is 1. The Kier molecular flexibility index (Phi) is 4.31. The summed E-state index contributed by atoms with van der Waals surface area (Å²) in [5.41, 5.74) is 1.55. The van der Waals surface area contributed by atoms with E-state index in [9.17, 15) is 0 Å². The molecule has 0 aliphatic carbocycles. The molecule has 18 heavy (non-hydrogen) atoms. The average molecular weight is 267 g/mol. The molecular weight excluding hydrogens is 244 g/mol. The number of rotatable bonds is 3. The third-order valence-corrected chi connectivity index (χ3v) is 3.91. The van der Waals surface area contributed by atoms with Crippen LogP contribution in [0.2, 0.25) is 5.02 Å². The third-order valence-electron chi connectivity index (χ3n) is 3.67. The van der Waals surface area contributed by atoms with E-state index < -0.39 is 0 Å². The molecule has 1 heterocycles. The van der Waals surface area contributed by atoms with Crippen LogP contribution in [0, 0.1) is 0 Å². The van der Waals surface area contributed by atoms with Crippen LogP contribution >= 0.6 is 11.6 Å². The molecule has 2 rings (SSSR count). The van der Waals surface area contributed by atoms with Crippen molar-refractivity contribution in [1.82, 2.24) is 10.2 Å². The third kappa shape index (κ3) is 3.71. The Bertz CT molecular complexity index is 403. The Hall–Kier alpha value is -0.570. The van der Waals surface area contributed by atoms with Gasteiger partial charge in [-0.25, -0.2) is 0 Å². The highest BCUT2D eigenvalue weighted by Gasteiger charge is 2.29. The smallest absolute Gasteiger partial charge is 0.0408 e. The molecule has 0 saturated carbocycles. The highest BCUT2D eigenvalue weighted by Crippen LogP contribution is 2.16. The highest BCUT2D eigenvalue weighted by atomic mass is 35.5. The Morgan fingerprint density at radius 2 is 2.22 bits per heavy atom. The number of hydrogen-bond donors (Lipinski definition) is 1. The van der Waals surface area contributed by atoms with Crippen molar-refractivity contribution in [3.05, 3.63) is 34.9 Å². The molecule has 0 spiro atoms. The molecule has 0 aromatic heterocycles.